The second-order valence-corrected chi connectivity index (χ2v) is 7.24. The van der Waals surface area contributed by atoms with Crippen molar-refractivity contribution in [1.29, 1.82) is 0 Å². The van der Waals surface area contributed by atoms with Crippen molar-refractivity contribution in [2.45, 2.75) is 118 Å². The van der Waals surface area contributed by atoms with Gasteiger partial charge in [0.25, 0.3) is 0 Å². The third kappa shape index (κ3) is 14.4. The van der Waals surface area contributed by atoms with Crippen LogP contribution in [0, 0.1) is 11.8 Å². The highest BCUT2D eigenvalue weighted by Gasteiger charge is 2.08. The lowest BCUT2D eigenvalue weighted by Gasteiger charge is -2.16. The summed E-state index contributed by atoms with van der Waals surface area (Å²) in [4.78, 5) is 0. The molecule has 0 saturated carbocycles. The first-order valence-electron chi connectivity index (χ1n) is 9.70. The van der Waals surface area contributed by atoms with Gasteiger partial charge in [-0.2, -0.15) is 0 Å². The van der Waals surface area contributed by atoms with Crippen LogP contribution in [0.25, 0.3) is 0 Å². The van der Waals surface area contributed by atoms with Crippen LogP contribution in [0.15, 0.2) is 0 Å². The molecule has 122 valence electrons. The van der Waals surface area contributed by atoms with Crippen LogP contribution >= 0.6 is 0 Å². The van der Waals surface area contributed by atoms with E-state index in [1.807, 2.05) is 0 Å². The lowest BCUT2D eigenvalue weighted by Crippen LogP contribution is -2.01. The van der Waals surface area contributed by atoms with Gasteiger partial charge in [-0.1, -0.05) is 118 Å². The summed E-state index contributed by atoms with van der Waals surface area (Å²) < 4.78 is 0. The smallest absolute Gasteiger partial charge is 0.0414 e. The molecule has 0 aliphatic rings. The number of hydrogen-bond acceptors (Lipinski definition) is 0. The van der Waals surface area contributed by atoms with Gasteiger partial charge in [-0.05, 0) is 11.8 Å². The Morgan fingerprint density at radius 1 is 0.500 bits per heavy atom. The standard InChI is InChI=1S/C20H42/c1-5-7-11-16-20(17-12-8-6-2)18-14-10-9-13-15-19(3)4/h19-20H,5-18H2,1-4H3. The molecular weight excluding hydrogens is 240 g/mol. The van der Waals surface area contributed by atoms with E-state index in [0.29, 0.717) is 0 Å². The maximum absolute atomic E-state index is 2.34. The molecule has 0 aliphatic carbocycles. The minimum absolute atomic E-state index is 0.894. The van der Waals surface area contributed by atoms with E-state index in [1.165, 1.54) is 89.9 Å². The third-order valence-corrected chi connectivity index (χ3v) is 4.58. The summed E-state index contributed by atoms with van der Waals surface area (Å²) >= 11 is 0. The van der Waals surface area contributed by atoms with Crippen molar-refractivity contribution in [3.8, 4) is 0 Å². The summed E-state index contributed by atoms with van der Waals surface area (Å²) in [5.74, 6) is 1.93. The van der Waals surface area contributed by atoms with Gasteiger partial charge in [-0.25, -0.2) is 0 Å². The van der Waals surface area contributed by atoms with Gasteiger partial charge in [0.15, 0.2) is 0 Å². The molecule has 0 aromatic carbocycles. The first-order valence-corrected chi connectivity index (χ1v) is 9.70. The van der Waals surface area contributed by atoms with Gasteiger partial charge in [0.2, 0.25) is 0 Å². The van der Waals surface area contributed by atoms with Crippen molar-refractivity contribution in [2.75, 3.05) is 0 Å². The summed E-state index contributed by atoms with van der Waals surface area (Å²) in [6.45, 7) is 9.33. The Bertz CT molecular complexity index is 161. The maximum atomic E-state index is 2.34. The maximum Gasteiger partial charge on any atom is -0.0414 e. The van der Waals surface area contributed by atoms with Gasteiger partial charge in [0.05, 0.1) is 0 Å². The number of hydrogen-bond donors (Lipinski definition) is 0. The molecule has 0 fully saturated rings. The molecule has 0 unspecified atom stereocenters. The van der Waals surface area contributed by atoms with Crippen LogP contribution in [-0.2, 0) is 0 Å². The van der Waals surface area contributed by atoms with Gasteiger partial charge >= 0.3 is 0 Å². The molecule has 0 aromatic heterocycles. The second-order valence-electron chi connectivity index (χ2n) is 7.24. The molecule has 0 aliphatic heterocycles. The summed E-state index contributed by atoms with van der Waals surface area (Å²) in [7, 11) is 0. The van der Waals surface area contributed by atoms with Gasteiger partial charge < -0.3 is 0 Å². The minimum Gasteiger partial charge on any atom is -0.0654 e. The Balaban J connectivity index is 3.61. The highest BCUT2D eigenvalue weighted by atomic mass is 14.1. The van der Waals surface area contributed by atoms with Gasteiger partial charge in [-0.3, -0.25) is 0 Å². The fraction of sp³-hybridized carbons (Fsp3) is 1.00. The highest BCUT2D eigenvalue weighted by molar-refractivity contribution is 4.61. The normalized spacial score (nSPS) is 11.7. The Labute approximate surface area is 130 Å². The van der Waals surface area contributed by atoms with E-state index in [-0.39, 0.29) is 0 Å². The lowest BCUT2D eigenvalue weighted by atomic mass is 9.90. The predicted molar refractivity (Wildman–Crippen MR) is 94.3 cm³/mol. The van der Waals surface area contributed by atoms with Crippen LogP contribution in [0.1, 0.15) is 118 Å². The molecule has 20 heavy (non-hydrogen) atoms. The van der Waals surface area contributed by atoms with Crippen LogP contribution in [-0.4, -0.2) is 0 Å². The summed E-state index contributed by atoms with van der Waals surface area (Å²) in [6, 6.07) is 0. The molecule has 0 heteroatoms. The zero-order valence-electron chi connectivity index (χ0n) is 15.1. The van der Waals surface area contributed by atoms with Crippen molar-refractivity contribution in [3.63, 3.8) is 0 Å². The molecule has 0 aromatic rings. The molecular formula is C20H42. The lowest BCUT2D eigenvalue weighted by molar-refractivity contribution is 0.369. The largest absolute Gasteiger partial charge is 0.0654 e. The zero-order valence-corrected chi connectivity index (χ0v) is 15.1. The monoisotopic (exact) mass is 282 g/mol. The molecule has 0 rings (SSSR count). The Morgan fingerprint density at radius 3 is 1.30 bits per heavy atom. The van der Waals surface area contributed by atoms with Crippen molar-refractivity contribution in [3.05, 3.63) is 0 Å². The molecule has 0 atom stereocenters. The summed E-state index contributed by atoms with van der Waals surface area (Å²) in [6.07, 6.45) is 20.4. The van der Waals surface area contributed by atoms with Crippen molar-refractivity contribution < 1.29 is 0 Å². The zero-order chi connectivity index (χ0) is 15.1. The molecule has 0 amide bonds. The van der Waals surface area contributed by atoms with E-state index in [4.69, 9.17) is 0 Å². The van der Waals surface area contributed by atoms with Crippen LogP contribution in [0.2, 0.25) is 0 Å². The molecule has 0 radical (unpaired) electrons. The summed E-state index contributed by atoms with van der Waals surface area (Å²) in [5.41, 5.74) is 0. The average molecular weight is 283 g/mol. The van der Waals surface area contributed by atoms with Crippen LogP contribution in [0.3, 0.4) is 0 Å². The molecule has 0 N–H and O–H groups in total. The molecule has 0 bridgehead atoms. The first-order chi connectivity index (χ1) is 9.70. The van der Waals surface area contributed by atoms with E-state index in [2.05, 4.69) is 27.7 Å². The van der Waals surface area contributed by atoms with E-state index >= 15 is 0 Å². The first kappa shape index (κ1) is 20.0. The predicted octanol–water partition coefficient (Wildman–Crippen LogP) is 7.76. The highest BCUT2D eigenvalue weighted by Crippen LogP contribution is 2.24. The Hall–Kier alpha value is 0. The molecule has 0 saturated heterocycles. The second kappa shape index (κ2) is 15.4. The Kier molecular flexibility index (Phi) is 15.4. The van der Waals surface area contributed by atoms with Crippen molar-refractivity contribution in [1.82, 2.24) is 0 Å². The number of unbranched alkanes of at least 4 members (excludes halogenated alkanes) is 7. The topological polar surface area (TPSA) is 0 Å². The summed E-state index contributed by atoms with van der Waals surface area (Å²) in [5, 5.41) is 0. The van der Waals surface area contributed by atoms with Gasteiger partial charge in [0, 0.05) is 0 Å². The van der Waals surface area contributed by atoms with Gasteiger partial charge in [0.1, 0.15) is 0 Å². The Morgan fingerprint density at radius 2 is 0.900 bits per heavy atom. The van der Waals surface area contributed by atoms with E-state index in [9.17, 15) is 0 Å². The van der Waals surface area contributed by atoms with Crippen molar-refractivity contribution >= 4 is 0 Å². The molecule has 0 heterocycles. The van der Waals surface area contributed by atoms with Crippen LogP contribution in [0.4, 0.5) is 0 Å². The van der Waals surface area contributed by atoms with Crippen molar-refractivity contribution in [2.24, 2.45) is 11.8 Å². The average Bonchev–Trinajstić information content (AvgIpc) is 2.42. The van der Waals surface area contributed by atoms with Crippen LogP contribution in [0.5, 0.6) is 0 Å². The fourth-order valence-electron chi connectivity index (χ4n) is 3.14. The molecule has 0 spiro atoms. The SMILES string of the molecule is CCCCCC(CCCCC)CCCCCCC(C)C. The van der Waals surface area contributed by atoms with E-state index in [1.54, 1.807) is 0 Å². The van der Waals surface area contributed by atoms with E-state index < -0.39 is 0 Å². The number of rotatable bonds is 15. The third-order valence-electron chi connectivity index (χ3n) is 4.58. The minimum atomic E-state index is 0.894. The molecule has 0 nitrogen and oxygen atoms in total. The van der Waals surface area contributed by atoms with Crippen LogP contribution < -0.4 is 0 Å². The van der Waals surface area contributed by atoms with Gasteiger partial charge in [-0.15, -0.1) is 0 Å². The fourth-order valence-corrected chi connectivity index (χ4v) is 3.14. The quantitative estimate of drug-likeness (QED) is 0.269. The van der Waals surface area contributed by atoms with E-state index in [0.717, 1.165) is 11.8 Å².